The van der Waals surface area contributed by atoms with Crippen molar-refractivity contribution < 1.29 is 24.5 Å². The predicted octanol–water partition coefficient (Wildman–Crippen LogP) is 25.8. The molecule has 0 aromatic heterocycles. The summed E-state index contributed by atoms with van der Waals surface area (Å²) in [5, 5.41) is 23.4. The van der Waals surface area contributed by atoms with Gasteiger partial charge < -0.3 is 20.3 Å². The quantitative estimate of drug-likeness (QED) is 0.0320. The van der Waals surface area contributed by atoms with E-state index in [2.05, 4.69) is 55.6 Å². The normalized spacial score (nSPS) is 12.7. The predicted molar refractivity (Wildman–Crippen MR) is 379 cm³/mol. The van der Waals surface area contributed by atoms with Crippen LogP contribution in [0.25, 0.3) is 0 Å². The molecular formula is C80H153NO5. The summed E-state index contributed by atoms with van der Waals surface area (Å²) >= 11 is 0. The van der Waals surface area contributed by atoms with Crippen LogP contribution in [0.2, 0.25) is 0 Å². The summed E-state index contributed by atoms with van der Waals surface area (Å²) in [7, 11) is 0. The van der Waals surface area contributed by atoms with E-state index in [0.717, 1.165) is 51.4 Å². The monoisotopic (exact) mass is 1210 g/mol. The van der Waals surface area contributed by atoms with Gasteiger partial charge >= 0.3 is 5.97 Å². The Kier molecular flexibility index (Phi) is 73.9. The van der Waals surface area contributed by atoms with Crippen molar-refractivity contribution in [1.29, 1.82) is 0 Å². The Bertz CT molecular complexity index is 1390. The summed E-state index contributed by atoms with van der Waals surface area (Å²) in [6, 6.07) is -0.544. The number of allylic oxidation sites excluding steroid dienone is 6. The first-order chi connectivity index (χ1) is 42.5. The second-order valence-corrected chi connectivity index (χ2v) is 27.0. The average Bonchev–Trinajstić information content (AvgIpc) is 3.54. The maximum absolute atomic E-state index is 12.6. The summed E-state index contributed by atoms with van der Waals surface area (Å²) in [5.74, 6) is -0.0189. The largest absolute Gasteiger partial charge is 0.466 e. The standard InChI is InChI=1S/C80H153NO5/c1-3-5-7-9-11-13-15-17-19-21-23-33-37-40-44-48-52-56-60-64-68-72-78(83)77(76-82)81-79(84)73-69-65-61-57-53-49-45-41-38-34-31-29-27-25-24-26-28-30-32-35-39-43-47-51-55-59-63-67-71-75-86-80(85)74-70-66-62-58-54-50-46-42-36-22-20-18-16-14-12-10-8-6-4-2/h18,20,24,26,30,32,77-78,82-83H,3-17,19,21-23,25,27-29,31,33-76H2,1-2H3,(H,81,84)/b20-18-,26-24-,32-30-. The average molecular weight is 1210 g/mol. The van der Waals surface area contributed by atoms with E-state index >= 15 is 0 Å². The van der Waals surface area contributed by atoms with Crippen LogP contribution in [0.4, 0.5) is 0 Å². The van der Waals surface area contributed by atoms with E-state index in [-0.39, 0.29) is 18.5 Å². The Morgan fingerprint density at radius 3 is 0.895 bits per heavy atom. The second-order valence-electron chi connectivity index (χ2n) is 27.0. The van der Waals surface area contributed by atoms with Gasteiger partial charge in [-0.1, -0.05) is 378 Å². The maximum Gasteiger partial charge on any atom is 0.305 e. The van der Waals surface area contributed by atoms with Gasteiger partial charge in [0, 0.05) is 12.8 Å². The van der Waals surface area contributed by atoms with Crippen molar-refractivity contribution in [3.05, 3.63) is 36.5 Å². The lowest BCUT2D eigenvalue weighted by atomic mass is 10.0. The molecule has 2 atom stereocenters. The fourth-order valence-corrected chi connectivity index (χ4v) is 12.4. The molecule has 0 aliphatic carbocycles. The summed E-state index contributed by atoms with van der Waals surface area (Å²) in [5.41, 5.74) is 0. The van der Waals surface area contributed by atoms with Crippen molar-refractivity contribution in [2.24, 2.45) is 0 Å². The zero-order chi connectivity index (χ0) is 62.0. The Morgan fingerprint density at radius 1 is 0.326 bits per heavy atom. The third-order valence-electron chi connectivity index (χ3n) is 18.4. The number of hydrogen-bond donors (Lipinski definition) is 3. The first-order valence-electron chi connectivity index (χ1n) is 39.2. The Hall–Kier alpha value is -1.92. The minimum Gasteiger partial charge on any atom is -0.466 e. The zero-order valence-electron chi connectivity index (χ0n) is 58.3. The van der Waals surface area contributed by atoms with Gasteiger partial charge in [-0.25, -0.2) is 0 Å². The molecule has 0 saturated heterocycles. The van der Waals surface area contributed by atoms with Crippen LogP contribution < -0.4 is 5.32 Å². The van der Waals surface area contributed by atoms with Gasteiger partial charge in [0.05, 0.1) is 25.4 Å². The van der Waals surface area contributed by atoms with Crippen molar-refractivity contribution in [2.75, 3.05) is 13.2 Å². The van der Waals surface area contributed by atoms with E-state index in [4.69, 9.17) is 4.74 Å². The lowest BCUT2D eigenvalue weighted by Crippen LogP contribution is -2.45. The van der Waals surface area contributed by atoms with Gasteiger partial charge in [-0.3, -0.25) is 9.59 Å². The minimum absolute atomic E-state index is 0.0125. The summed E-state index contributed by atoms with van der Waals surface area (Å²) in [6.45, 7) is 4.99. The van der Waals surface area contributed by atoms with Crippen molar-refractivity contribution in [1.82, 2.24) is 5.32 Å². The van der Waals surface area contributed by atoms with Gasteiger partial charge in [0.2, 0.25) is 5.91 Å². The van der Waals surface area contributed by atoms with E-state index in [1.807, 2.05) is 0 Å². The fraction of sp³-hybridized carbons (Fsp3) is 0.900. The molecule has 0 aliphatic rings. The molecule has 0 aromatic rings. The molecule has 2 unspecified atom stereocenters. The van der Waals surface area contributed by atoms with E-state index in [0.29, 0.717) is 25.9 Å². The van der Waals surface area contributed by atoms with Gasteiger partial charge in [0.15, 0.2) is 0 Å². The number of aliphatic hydroxyl groups is 2. The fourth-order valence-electron chi connectivity index (χ4n) is 12.4. The first-order valence-corrected chi connectivity index (χ1v) is 39.2. The van der Waals surface area contributed by atoms with E-state index in [9.17, 15) is 19.8 Å². The van der Waals surface area contributed by atoms with Crippen LogP contribution in [-0.4, -0.2) is 47.4 Å². The van der Waals surface area contributed by atoms with Gasteiger partial charge in [-0.15, -0.1) is 0 Å². The van der Waals surface area contributed by atoms with Crippen LogP contribution in [0.1, 0.15) is 438 Å². The van der Waals surface area contributed by atoms with Crippen LogP contribution >= 0.6 is 0 Å². The molecule has 0 saturated carbocycles. The molecule has 0 bridgehead atoms. The lowest BCUT2D eigenvalue weighted by Gasteiger charge is -2.22. The van der Waals surface area contributed by atoms with Crippen molar-refractivity contribution in [3.8, 4) is 0 Å². The molecule has 508 valence electrons. The molecule has 3 N–H and O–H groups in total. The van der Waals surface area contributed by atoms with Crippen LogP contribution in [0.3, 0.4) is 0 Å². The molecule has 0 aliphatic heterocycles. The molecule has 0 aromatic carbocycles. The number of carbonyl (C=O) groups excluding carboxylic acids is 2. The summed E-state index contributed by atoms with van der Waals surface area (Å²) < 4.78 is 5.51. The topological polar surface area (TPSA) is 95.9 Å². The Balaban J connectivity index is 3.39. The molecule has 0 radical (unpaired) electrons. The third-order valence-corrected chi connectivity index (χ3v) is 18.4. The lowest BCUT2D eigenvalue weighted by molar-refractivity contribution is -0.143. The number of rotatable bonds is 74. The van der Waals surface area contributed by atoms with Crippen molar-refractivity contribution in [3.63, 3.8) is 0 Å². The SMILES string of the molecule is CCCCCCCC/C=C\CCCCCCCCCCCC(=O)OCCCCCCCCCCC/C=C\C/C=C\CCCCCCCCCCCCCCCC(=O)NC(CO)C(O)CCCCCCCCCCCCCCCCCCCCCCC. The van der Waals surface area contributed by atoms with Gasteiger partial charge in [-0.05, 0) is 83.5 Å². The molecule has 6 heteroatoms. The van der Waals surface area contributed by atoms with Crippen molar-refractivity contribution >= 4 is 11.9 Å². The molecule has 0 spiro atoms. The smallest absolute Gasteiger partial charge is 0.305 e. The van der Waals surface area contributed by atoms with Gasteiger partial charge in [0.25, 0.3) is 0 Å². The third kappa shape index (κ3) is 71.2. The molecular weight excluding hydrogens is 1050 g/mol. The highest BCUT2D eigenvalue weighted by molar-refractivity contribution is 5.76. The highest BCUT2D eigenvalue weighted by Gasteiger charge is 2.20. The van der Waals surface area contributed by atoms with Crippen molar-refractivity contribution in [2.45, 2.75) is 450 Å². The van der Waals surface area contributed by atoms with Gasteiger partial charge in [-0.2, -0.15) is 0 Å². The number of hydrogen-bond acceptors (Lipinski definition) is 5. The summed E-state index contributed by atoms with van der Waals surface area (Å²) in [6.07, 6.45) is 97.9. The van der Waals surface area contributed by atoms with Crippen LogP contribution in [0.5, 0.6) is 0 Å². The number of unbranched alkanes of at least 4 members (excludes halogenated alkanes) is 57. The molecule has 6 nitrogen and oxygen atoms in total. The maximum atomic E-state index is 12.6. The van der Waals surface area contributed by atoms with E-state index in [1.165, 1.54) is 353 Å². The van der Waals surface area contributed by atoms with E-state index in [1.54, 1.807) is 0 Å². The number of amides is 1. The second kappa shape index (κ2) is 75.5. The van der Waals surface area contributed by atoms with Gasteiger partial charge in [0.1, 0.15) is 0 Å². The number of aliphatic hydroxyl groups excluding tert-OH is 2. The zero-order valence-corrected chi connectivity index (χ0v) is 58.3. The molecule has 0 rings (SSSR count). The molecule has 86 heavy (non-hydrogen) atoms. The van der Waals surface area contributed by atoms with Crippen LogP contribution in [0.15, 0.2) is 36.5 Å². The van der Waals surface area contributed by atoms with Crippen LogP contribution in [0, 0.1) is 0 Å². The Morgan fingerprint density at radius 2 is 0.581 bits per heavy atom. The minimum atomic E-state index is -0.667. The molecule has 0 fully saturated rings. The summed E-state index contributed by atoms with van der Waals surface area (Å²) in [4.78, 5) is 24.7. The molecule has 0 heterocycles. The number of carbonyl (C=O) groups is 2. The van der Waals surface area contributed by atoms with E-state index < -0.39 is 12.1 Å². The number of nitrogens with one attached hydrogen (secondary N) is 1. The highest BCUT2D eigenvalue weighted by atomic mass is 16.5. The number of ether oxygens (including phenoxy) is 1. The Labute approximate surface area is 538 Å². The highest BCUT2D eigenvalue weighted by Crippen LogP contribution is 2.19. The van der Waals surface area contributed by atoms with Crippen LogP contribution in [-0.2, 0) is 14.3 Å². The first kappa shape index (κ1) is 84.1. The number of esters is 1. The molecule has 1 amide bonds.